The Morgan fingerprint density at radius 3 is 2.97 bits per heavy atom. The van der Waals surface area contributed by atoms with E-state index in [0.29, 0.717) is 6.54 Å². The Morgan fingerprint density at radius 1 is 1.34 bits per heavy atom. The van der Waals surface area contributed by atoms with Crippen molar-refractivity contribution in [2.45, 2.75) is 44.5 Å². The molecule has 0 spiro atoms. The summed E-state index contributed by atoms with van der Waals surface area (Å²) in [6.45, 7) is 5.60. The van der Waals surface area contributed by atoms with Gasteiger partial charge in [0.2, 0.25) is 5.91 Å². The lowest BCUT2D eigenvalue weighted by Gasteiger charge is -2.14. The van der Waals surface area contributed by atoms with Crippen LogP contribution in [0.15, 0.2) is 40.9 Å². The quantitative estimate of drug-likeness (QED) is 0.560. The number of hydrogen-bond acceptors (Lipinski definition) is 6. The first kappa shape index (κ1) is 20.1. The van der Waals surface area contributed by atoms with Crippen LogP contribution in [0.3, 0.4) is 0 Å². The summed E-state index contributed by atoms with van der Waals surface area (Å²) in [5.41, 5.74) is 2.99. The summed E-state index contributed by atoms with van der Waals surface area (Å²) in [6, 6.07) is 9.92. The molecule has 2 aromatic heterocycles. The summed E-state index contributed by atoms with van der Waals surface area (Å²) in [5.74, 6) is 1.06. The molecule has 1 aliphatic heterocycles. The summed E-state index contributed by atoms with van der Waals surface area (Å²) in [7, 11) is 0. The van der Waals surface area contributed by atoms with Crippen LogP contribution < -0.4 is 5.32 Å². The topological polar surface area (TPSA) is 69.0 Å². The van der Waals surface area contributed by atoms with E-state index in [9.17, 15) is 4.79 Å². The summed E-state index contributed by atoms with van der Waals surface area (Å²) in [5, 5.41) is 14.6. The SMILES string of the molecule is Cc1cccc(NC(=O)CSc2nnc(-c3csc(C)c3)n2CC2CCCO2)c1. The number of thioether (sulfide) groups is 1. The van der Waals surface area contributed by atoms with Crippen LogP contribution in [0.4, 0.5) is 5.69 Å². The van der Waals surface area contributed by atoms with Crippen LogP contribution in [0.25, 0.3) is 11.4 Å². The van der Waals surface area contributed by atoms with Gasteiger partial charge >= 0.3 is 0 Å². The van der Waals surface area contributed by atoms with Crippen molar-refractivity contribution in [3.63, 3.8) is 0 Å². The molecule has 6 nitrogen and oxygen atoms in total. The van der Waals surface area contributed by atoms with Crippen molar-refractivity contribution in [2.24, 2.45) is 0 Å². The number of nitrogens with one attached hydrogen (secondary N) is 1. The third-order valence-corrected chi connectivity index (χ3v) is 6.58. The number of thiophene rings is 1. The summed E-state index contributed by atoms with van der Waals surface area (Å²) in [6.07, 6.45) is 2.30. The molecule has 0 bridgehead atoms. The summed E-state index contributed by atoms with van der Waals surface area (Å²) >= 11 is 3.11. The zero-order chi connectivity index (χ0) is 20.2. The van der Waals surface area contributed by atoms with Crippen LogP contribution in [-0.4, -0.2) is 39.1 Å². The minimum absolute atomic E-state index is 0.0554. The lowest BCUT2D eigenvalue weighted by atomic mass is 10.2. The van der Waals surface area contributed by atoms with Gasteiger partial charge in [0.05, 0.1) is 18.4 Å². The van der Waals surface area contributed by atoms with Gasteiger partial charge in [-0.2, -0.15) is 0 Å². The van der Waals surface area contributed by atoms with E-state index in [1.54, 1.807) is 11.3 Å². The number of aromatic nitrogens is 3. The van der Waals surface area contributed by atoms with Gasteiger partial charge in [-0.25, -0.2) is 0 Å². The van der Waals surface area contributed by atoms with Crippen molar-refractivity contribution in [1.29, 1.82) is 0 Å². The molecule has 152 valence electrons. The molecule has 1 atom stereocenters. The van der Waals surface area contributed by atoms with E-state index in [0.717, 1.165) is 47.2 Å². The number of aryl methyl sites for hydroxylation is 2. The molecule has 29 heavy (non-hydrogen) atoms. The first-order valence-electron chi connectivity index (χ1n) is 9.68. The van der Waals surface area contributed by atoms with Crippen molar-refractivity contribution in [3.05, 3.63) is 46.2 Å². The Labute approximate surface area is 178 Å². The van der Waals surface area contributed by atoms with Crippen LogP contribution in [0, 0.1) is 13.8 Å². The predicted octanol–water partition coefficient (Wildman–Crippen LogP) is 4.53. The smallest absolute Gasteiger partial charge is 0.234 e. The standard InChI is InChI=1S/C21H24N4O2S2/c1-14-5-3-6-17(9-14)22-19(26)13-29-21-24-23-20(16-10-15(2)28-12-16)25(21)11-18-7-4-8-27-18/h3,5-6,9-10,12,18H,4,7-8,11,13H2,1-2H3,(H,22,26). The number of amides is 1. The first-order chi connectivity index (χ1) is 14.1. The zero-order valence-corrected chi connectivity index (χ0v) is 18.2. The average molecular weight is 429 g/mol. The number of carbonyl (C=O) groups excluding carboxylic acids is 1. The van der Waals surface area contributed by atoms with E-state index in [1.807, 2.05) is 31.2 Å². The molecular formula is C21H24N4O2S2. The molecule has 1 amide bonds. The fourth-order valence-electron chi connectivity index (χ4n) is 3.38. The maximum absolute atomic E-state index is 12.4. The zero-order valence-electron chi connectivity index (χ0n) is 16.6. The molecule has 4 rings (SSSR count). The Bertz CT molecular complexity index is 992. The molecule has 1 unspecified atom stereocenters. The number of carbonyl (C=O) groups is 1. The van der Waals surface area contributed by atoms with Crippen LogP contribution >= 0.6 is 23.1 Å². The number of ether oxygens (including phenoxy) is 1. The third kappa shape index (κ3) is 5.07. The Kier molecular flexibility index (Phi) is 6.32. The largest absolute Gasteiger partial charge is 0.376 e. The van der Waals surface area contributed by atoms with Gasteiger partial charge < -0.3 is 10.1 Å². The summed E-state index contributed by atoms with van der Waals surface area (Å²) in [4.78, 5) is 13.7. The maximum atomic E-state index is 12.4. The molecule has 1 aromatic carbocycles. The van der Waals surface area contributed by atoms with Gasteiger partial charge in [0.15, 0.2) is 11.0 Å². The minimum atomic E-state index is -0.0554. The molecule has 3 heterocycles. The van der Waals surface area contributed by atoms with Crippen LogP contribution in [-0.2, 0) is 16.1 Å². The second kappa shape index (κ2) is 9.11. The molecule has 3 aromatic rings. The van der Waals surface area contributed by atoms with Crippen molar-refractivity contribution in [3.8, 4) is 11.4 Å². The molecule has 0 aliphatic carbocycles. The highest BCUT2D eigenvalue weighted by molar-refractivity contribution is 7.99. The molecule has 1 aliphatic rings. The number of hydrogen-bond donors (Lipinski definition) is 1. The highest BCUT2D eigenvalue weighted by Gasteiger charge is 2.22. The Balaban J connectivity index is 1.48. The van der Waals surface area contributed by atoms with Gasteiger partial charge in [-0.1, -0.05) is 23.9 Å². The van der Waals surface area contributed by atoms with E-state index in [2.05, 4.69) is 38.5 Å². The summed E-state index contributed by atoms with van der Waals surface area (Å²) < 4.78 is 7.93. The van der Waals surface area contributed by atoms with E-state index in [-0.39, 0.29) is 17.8 Å². The molecule has 1 N–H and O–H groups in total. The molecular weight excluding hydrogens is 404 g/mol. The highest BCUT2D eigenvalue weighted by atomic mass is 32.2. The maximum Gasteiger partial charge on any atom is 0.234 e. The van der Waals surface area contributed by atoms with Gasteiger partial charge in [0.1, 0.15) is 0 Å². The number of anilines is 1. The van der Waals surface area contributed by atoms with Crippen molar-refractivity contribution >= 4 is 34.7 Å². The van der Waals surface area contributed by atoms with Crippen LogP contribution in [0.5, 0.6) is 0 Å². The first-order valence-corrected chi connectivity index (χ1v) is 11.5. The van der Waals surface area contributed by atoms with Gasteiger partial charge in [-0.15, -0.1) is 21.5 Å². The third-order valence-electron chi connectivity index (χ3n) is 4.75. The van der Waals surface area contributed by atoms with Crippen molar-refractivity contribution in [1.82, 2.24) is 14.8 Å². The van der Waals surface area contributed by atoms with E-state index in [1.165, 1.54) is 16.6 Å². The fraction of sp³-hybridized carbons (Fsp3) is 0.381. The lowest BCUT2D eigenvalue weighted by Crippen LogP contribution is -2.18. The lowest BCUT2D eigenvalue weighted by molar-refractivity contribution is -0.113. The van der Waals surface area contributed by atoms with Gasteiger partial charge in [-0.05, 0) is 50.5 Å². The Morgan fingerprint density at radius 2 is 2.24 bits per heavy atom. The number of nitrogens with zero attached hydrogens (tertiary/aromatic N) is 3. The second-order valence-electron chi connectivity index (χ2n) is 7.20. The van der Waals surface area contributed by atoms with Crippen molar-refractivity contribution in [2.75, 3.05) is 17.7 Å². The van der Waals surface area contributed by atoms with Crippen molar-refractivity contribution < 1.29 is 9.53 Å². The van der Waals surface area contributed by atoms with Gasteiger partial charge in [-0.3, -0.25) is 9.36 Å². The molecule has 8 heteroatoms. The van der Waals surface area contributed by atoms with Gasteiger partial charge in [0, 0.05) is 28.1 Å². The molecule has 1 fully saturated rings. The number of benzene rings is 1. The molecule has 0 saturated carbocycles. The van der Waals surface area contributed by atoms with Crippen LogP contribution in [0.2, 0.25) is 0 Å². The minimum Gasteiger partial charge on any atom is -0.376 e. The van der Waals surface area contributed by atoms with E-state index < -0.39 is 0 Å². The van der Waals surface area contributed by atoms with E-state index in [4.69, 9.17) is 4.74 Å². The number of rotatable bonds is 7. The second-order valence-corrected chi connectivity index (χ2v) is 9.26. The molecule has 0 radical (unpaired) electrons. The monoisotopic (exact) mass is 428 g/mol. The van der Waals surface area contributed by atoms with Gasteiger partial charge in [0.25, 0.3) is 0 Å². The fourth-order valence-corrected chi connectivity index (χ4v) is 4.81. The highest BCUT2D eigenvalue weighted by Crippen LogP contribution is 2.29. The normalized spacial score (nSPS) is 16.3. The predicted molar refractivity (Wildman–Crippen MR) is 118 cm³/mol. The average Bonchev–Trinajstić information content (AvgIpc) is 3.42. The van der Waals surface area contributed by atoms with E-state index >= 15 is 0 Å². The molecule has 1 saturated heterocycles. The van der Waals surface area contributed by atoms with Crippen LogP contribution in [0.1, 0.15) is 23.3 Å². The Hall–Kier alpha value is -2.16.